The highest BCUT2D eigenvalue weighted by molar-refractivity contribution is 7.15. The molecule has 1 fully saturated rings. The first-order valence-electron chi connectivity index (χ1n) is 5.01. The summed E-state index contributed by atoms with van der Waals surface area (Å²) in [7, 11) is 4.10. The minimum atomic E-state index is 0.837. The van der Waals surface area contributed by atoms with E-state index in [9.17, 15) is 0 Å². The molecular formula is C10H17N3S. The van der Waals surface area contributed by atoms with Crippen LogP contribution in [-0.4, -0.2) is 32.2 Å². The molecule has 1 N–H and O–H groups in total. The van der Waals surface area contributed by atoms with Crippen molar-refractivity contribution in [1.29, 1.82) is 0 Å². The van der Waals surface area contributed by atoms with Crippen molar-refractivity contribution in [2.75, 3.05) is 32.1 Å². The number of nitrogens with zero attached hydrogens (tertiary/aromatic N) is 2. The maximum atomic E-state index is 4.55. The second-order valence-corrected chi connectivity index (χ2v) is 5.19. The molecule has 0 bridgehead atoms. The summed E-state index contributed by atoms with van der Waals surface area (Å²) in [5.74, 6) is 0.837. The number of hydrogen-bond acceptors (Lipinski definition) is 4. The van der Waals surface area contributed by atoms with E-state index in [1.165, 1.54) is 30.1 Å². The largest absolute Gasteiger partial charge is 0.354 e. The van der Waals surface area contributed by atoms with Crippen LogP contribution in [0.3, 0.4) is 0 Å². The van der Waals surface area contributed by atoms with Crippen molar-refractivity contribution in [3.63, 3.8) is 0 Å². The minimum Gasteiger partial charge on any atom is -0.354 e. The molecule has 0 aliphatic carbocycles. The van der Waals surface area contributed by atoms with E-state index < -0.39 is 0 Å². The molecule has 1 aliphatic heterocycles. The van der Waals surface area contributed by atoms with Crippen molar-refractivity contribution in [3.05, 3.63) is 10.6 Å². The SMILES string of the molecule is Cc1nc(N(C)C)sc1CC1CNC1. The highest BCUT2D eigenvalue weighted by Gasteiger charge is 2.20. The van der Waals surface area contributed by atoms with E-state index in [2.05, 4.69) is 22.1 Å². The van der Waals surface area contributed by atoms with Gasteiger partial charge in [0.1, 0.15) is 0 Å². The number of anilines is 1. The standard InChI is InChI=1S/C10H17N3S/c1-7-9(4-8-5-11-6-8)14-10(12-7)13(2)3/h8,11H,4-6H2,1-3H3. The van der Waals surface area contributed by atoms with Crippen molar-refractivity contribution in [2.45, 2.75) is 13.3 Å². The zero-order valence-electron chi connectivity index (χ0n) is 9.00. The molecule has 1 aromatic rings. The first kappa shape index (κ1) is 9.93. The van der Waals surface area contributed by atoms with Gasteiger partial charge in [0.2, 0.25) is 0 Å². The highest BCUT2D eigenvalue weighted by Crippen LogP contribution is 2.27. The molecule has 3 nitrogen and oxygen atoms in total. The van der Waals surface area contributed by atoms with Crippen LogP contribution in [-0.2, 0) is 6.42 Å². The van der Waals surface area contributed by atoms with Gasteiger partial charge in [0, 0.05) is 19.0 Å². The zero-order valence-corrected chi connectivity index (χ0v) is 9.82. The van der Waals surface area contributed by atoms with Gasteiger partial charge in [-0.15, -0.1) is 11.3 Å². The van der Waals surface area contributed by atoms with Crippen LogP contribution in [0.5, 0.6) is 0 Å². The summed E-state index contributed by atoms with van der Waals surface area (Å²) in [4.78, 5) is 8.09. The fourth-order valence-electron chi connectivity index (χ4n) is 1.55. The van der Waals surface area contributed by atoms with E-state index in [0.29, 0.717) is 0 Å². The molecule has 0 amide bonds. The number of aryl methyl sites for hydroxylation is 1. The Morgan fingerprint density at radius 1 is 1.50 bits per heavy atom. The average molecular weight is 211 g/mol. The molecule has 0 unspecified atom stereocenters. The molecule has 4 heteroatoms. The Bertz CT molecular complexity index is 315. The van der Waals surface area contributed by atoms with E-state index in [0.717, 1.165) is 11.0 Å². The van der Waals surface area contributed by atoms with Gasteiger partial charge in [0.15, 0.2) is 5.13 Å². The van der Waals surface area contributed by atoms with Gasteiger partial charge < -0.3 is 10.2 Å². The highest BCUT2D eigenvalue weighted by atomic mass is 32.1. The number of aromatic nitrogens is 1. The van der Waals surface area contributed by atoms with Gasteiger partial charge in [-0.3, -0.25) is 0 Å². The van der Waals surface area contributed by atoms with Crippen molar-refractivity contribution >= 4 is 16.5 Å². The molecule has 1 aromatic heterocycles. The summed E-state index contributed by atoms with van der Waals surface area (Å²) >= 11 is 1.83. The lowest BCUT2D eigenvalue weighted by Gasteiger charge is -2.26. The predicted molar refractivity (Wildman–Crippen MR) is 61.2 cm³/mol. The van der Waals surface area contributed by atoms with Gasteiger partial charge in [-0.2, -0.15) is 0 Å². The molecule has 2 rings (SSSR count). The Hall–Kier alpha value is -0.610. The summed E-state index contributed by atoms with van der Waals surface area (Å²) in [6.07, 6.45) is 1.20. The molecule has 0 spiro atoms. The van der Waals surface area contributed by atoms with Gasteiger partial charge >= 0.3 is 0 Å². The molecule has 1 saturated heterocycles. The number of hydrogen-bond donors (Lipinski definition) is 1. The van der Waals surface area contributed by atoms with Crippen molar-refractivity contribution in [1.82, 2.24) is 10.3 Å². The van der Waals surface area contributed by atoms with Crippen LogP contribution in [0, 0.1) is 12.8 Å². The smallest absolute Gasteiger partial charge is 0.185 e. The quantitative estimate of drug-likeness (QED) is 0.816. The molecule has 14 heavy (non-hydrogen) atoms. The van der Waals surface area contributed by atoms with Crippen molar-refractivity contribution in [3.8, 4) is 0 Å². The first-order valence-corrected chi connectivity index (χ1v) is 5.83. The second-order valence-electron chi connectivity index (χ2n) is 4.13. The number of thiazole rings is 1. The third kappa shape index (κ3) is 1.91. The molecule has 0 aromatic carbocycles. The maximum absolute atomic E-state index is 4.55. The average Bonchev–Trinajstić information content (AvgIpc) is 2.40. The van der Waals surface area contributed by atoms with E-state index in [1.54, 1.807) is 0 Å². The third-order valence-electron chi connectivity index (χ3n) is 2.60. The lowest BCUT2D eigenvalue weighted by molar-refractivity contribution is 0.348. The molecule has 0 radical (unpaired) electrons. The molecule has 78 valence electrons. The summed E-state index contributed by atoms with van der Waals surface area (Å²) in [6.45, 7) is 4.47. The summed E-state index contributed by atoms with van der Waals surface area (Å²) in [5.41, 5.74) is 1.21. The van der Waals surface area contributed by atoms with Crippen LogP contribution in [0.25, 0.3) is 0 Å². The number of rotatable bonds is 3. The van der Waals surface area contributed by atoms with Crippen LogP contribution < -0.4 is 10.2 Å². The normalized spacial score (nSPS) is 16.8. The van der Waals surface area contributed by atoms with E-state index in [1.807, 2.05) is 25.4 Å². The Morgan fingerprint density at radius 3 is 2.64 bits per heavy atom. The molecular weight excluding hydrogens is 194 g/mol. The van der Waals surface area contributed by atoms with Gasteiger partial charge in [0.05, 0.1) is 5.69 Å². The van der Waals surface area contributed by atoms with Crippen molar-refractivity contribution < 1.29 is 0 Å². The molecule has 0 saturated carbocycles. The van der Waals surface area contributed by atoms with Gasteiger partial charge in [-0.1, -0.05) is 0 Å². The Balaban J connectivity index is 2.08. The van der Waals surface area contributed by atoms with Gasteiger partial charge in [-0.25, -0.2) is 4.98 Å². The lowest BCUT2D eigenvalue weighted by atomic mass is 9.98. The number of nitrogens with one attached hydrogen (secondary N) is 1. The zero-order chi connectivity index (χ0) is 10.1. The summed E-state index contributed by atoms with van der Waals surface area (Å²) in [5, 5.41) is 4.43. The third-order valence-corrected chi connectivity index (χ3v) is 3.95. The first-order chi connectivity index (χ1) is 6.66. The van der Waals surface area contributed by atoms with Crippen LogP contribution >= 0.6 is 11.3 Å². The topological polar surface area (TPSA) is 28.2 Å². The predicted octanol–water partition coefficient (Wildman–Crippen LogP) is 1.28. The molecule has 2 heterocycles. The maximum Gasteiger partial charge on any atom is 0.185 e. The fourth-order valence-corrected chi connectivity index (χ4v) is 2.65. The molecule has 0 atom stereocenters. The minimum absolute atomic E-state index is 0.837. The van der Waals surface area contributed by atoms with Crippen LogP contribution in [0.2, 0.25) is 0 Å². The summed E-state index contributed by atoms with van der Waals surface area (Å²) in [6, 6.07) is 0. The Labute approximate surface area is 89.1 Å². The second kappa shape index (κ2) is 3.87. The van der Waals surface area contributed by atoms with E-state index in [4.69, 9.17) is 0 Å². The van der Waals surface area contributed by atoms with E-state index in [-0.39, 0.29) is 0 Å². The van der Waals surface area contributed by atoms with E-state index >= 15 is 0 Å². The van der Waals surface area contributed by atoms with Crippen LogP contribution in [0.4, 0.5) is 5.13 Å². The lowest BCUT2D eigenvalue weighted by Crippen LogP contribution is -2.43. The van der Waals surface area contributed by atoms with Gasteiger partial charge in [0.25, 0.3) is 0 Å². The van der Waals surface area contributed by atoms with Gasteiger partial charge in [-0.05, 0) is 32.4 Å². The van der Waals surface area contributed by atoms with Crippen LogP contribution in [0.1, 0.15) is 10.6 Å². The Morgan fingerprint density at radius 2 is 2.21 bits per heavy atom. The fraction of sp³-hybridized carbons (Fsp3) is 0.700. The summed E-state index contributed by atoms with van der Waals surface area (Å²) < 4.78 is 0. The Kier molecular flexibility index (Phi) is 2.74. The van der Waals surface area contributed by atoms with Crippen molar-refractivity contribution in [2.24, 2.45) is 5.92 Å². The van der Waals surface area contributed by atoms with Crippen LogP contribution in [0.15, 0.2) is 0 Å². The monoisotopic (exact) mass is 211 g/mol. The molecule has 1 aliphatic rings.